The maximum Gasteiger partial charge on any atom is 0.322 e. The van der Waals surface area contributed by atoms with Crippen molar-refractivity contribution in [3.63, 3.8) is 0 Å². The van der Waals surface area contributed by atoms with Crippen LogP contribution < -0.4 is 10.6 Å². The van der Waals surface area contributed by atoms with Crippen LogP contribution in [0.2, 0.25) is 0 Å². The van der Waals surface area contributed by atoms with Gasteiger partial charge in [0.1, 0.15) is 5.54 Å². The Kier molecular flexibility index (Phi) is 3.17. The highest BCUT2D eigenvalue weighted by Gasteiger charge is 2.51. The number of urea groups is 1. The first-order valence-corrected chi connectivity index (χ1v) is 6.32. The molecule has 0 aromatic rings. The number of hydrogen-bond donors (Lipinski definition) is 2. The van der Waals surface area contributed by atoms with Crippen molar-refractivity contribution in [1.29, 1.82) is 0 Å². The predicted octanol–water partition coefficient (Wildman–Crippen LogP) is 1.94. The average Bonchev–Trinajstić information content (AvgIpc) is 2.84. The van der Waals surface area contributed by atoms with E-state index >= 15 is 0 Å². The number of amides is 3. The summed E-state index contributed by atoms with van der Waals surface area (Å²) in [4.78, 5) is 23.4. The van der Waals surface area contributed by atoms with Crippen LogP contribution in [0.3, 0.4) is 0 Å². The topological polar surface area (TPSA) is 58.2 Å². The second-order valence-corrected chi connectivity index (χ2v) is 4.96. The van der Waals surface area contributed by atoms with Gasteiger partial charge in [-0.1, -0.05) is 32.6 Å². The molecule has 16 heavy (non-hydrogen) atoms. The van der Waals surface area contributed by atoms with E-state index in [9.17, 15) is 9.59 Å². The summed E-state index contributed by atoms with van der Waals surface area (Å²) >= 11 is 0. The zero-order valence-electron chi connectivity index (χ0n) is 9.84. The Labute approximate surface area is 96.2 Å². The molecule has 0 bridgehead atoms. The third-order valence-electron chi connectivity index (χ3n) is 3.95. The molecule has 1 atom stereocenters. The van der Waals surface area contributed by atoms with Crippen LogP contribution in [-0.4, -0.2) is 17.5 Å². The molecule has 2 N–H and O–H groups in total. The molecule has 0 spiro atoms. The molecule has 2 aliphatic rings. The maximum absolute atomic E-state index is 12.0. The summed E-state index contributed by atoms with van der Waals surface area (Å²) in [7, 11) is 0. The number of unbranched alkanes of at least 4 members (excludes halogenated alkanes) is 1. The Balaban J connectivity index is 2.17. The van der Waals surface area contributed by atoms with Gasteiger partial charge in [-0.15, -0.1) is 0 Å². The number of nitrogens with one attached hydrogen (secondary N) is 2. The highest BCUT2D eigenvalue weighted by atomic mass is 16.2. The van der Waals surface area contributed by atoms with E-state index in [-0.39, 0.29) is 11.9 Å². The van der Waals surface area contributed by atoms with E-state index < -0.39 is 5.54 Å². The number of carbonyl (C=O) groups is 2. The van der Waals surface area contributed by atoms with Gasteiger partial charge in [0.2, 0.25) is 0 Å². The van der Waals surface area contributed by atoms with Crippen molar-refractivity contribution in [3.05, 3.63) is 0 Å². The Hall–Kier alpha value is -1.06. The van der Waals surface area contributed by atoms with Crippen molar-refractivity contribution in [1.82, 2.24) is 10.6 Å². The number of carbonyl (C=O) groups excluding carboxylic acids is 2. The minimum Gasteiger partial charge on any atom is -0.323 e. The van der Waals surface area contributed by atoms with E-state index in [4.69, 9.17) is 0 Å². The van der Waals surface area contributed by atoms with Crippen LogP contribution in [0.15, 0.2) is 0 Å². The van der Waals surface area contributed by atoms with Crippen LogP contribution in [0.25, 0.3) is 0 Å². The summed E-state index contributed by atoms with van der Waals surface area (Å²) < 4.78 is 0. The van der Waals surface area contributed by atoms with E-state index in [2.05, 4.69) is 17.6 Å². The lowest BCUT2D eigenvalue weighted by Crippen LogP contribution is -2.52. The molecule has 0 aromatic heterocycles. The summed E-state index contributed by atoms with van der Waals surface area (Å²) in [5.74, 6) is 0.239. The molecule has 90 valence electrons. The second-order valence-electron chi connectivity index (χ2n) is 4.96. The first-order chi connectivity index (χ1) is 7.69. The minimum absolute atomic E-state index is 0.0992. The van der Waals surface area contributed by atoms with Crippen molar-refractivity contribution in [2.24, 2.45) is 5.92 Å². The Bertz CT molecular complexity index is 297. The fraction of sp³-hybridized carbons (Fsp3) is 0.833. The third kappa shape index (κ3) is 1.81. The normalized spacial score (nSPS) is 30.6. The lowest BCUT2D eigenvalue weighted by Gasteiger charge is -2.32. The van der Waals surface area contributed by atoms with Gasteiger partial charge < -0.3 is 5.32 Å². The van der Waals surface area contributed by atoms with Crippen LogP contribution in [0.4, 0.5) is 4.79 Å². The molecule has 3 amide bonds. The molecular weight excluding hydrogens is 204 g/mol. The van der Waals surface area contributed by atoms with Gasteiger partial charge in [-0.05, 0) is 25.2 Å². The highest BCUT2D eigenvalue weighted by molar-refractivity contribution is 6.07. The van der Waals surface area contributed by atoms with E-state index in [1.54, 1.807) is 0 Å². The van der Waals surface area contributed by atoms with Crippen molar-refractivity contribution in [3.8, 4) is 0 Å². The van der Waals surface area contributed by atoms with Gasteiger partial charge in [0.15, 0.2) is 0 Å². The molecule has 0 unspecified atom stereocenters. The molecule has 2 rings (SSSR count). The van der Waals surface area contributed by atoms with Crippen LogP contribution in [0, 0.1) is 5.92 Å². The van der Waals surface area contributed by atoms with E-state index in [1.807, 2.05) is 0 Å². The molecular formula is C12H20N2O2. The molecule has 1 heterocycles. The SMILES string of the molecule is CCCC[C@@]1(C2CCCC2)NC(=O)NC1=O. The van der Waals surface area contributed by atoms with Gasteiger partial charge in [-0.3, -0.25) is 10.1 Å². The molecule has 1 saturated carbocycles. The maximum atomic E-state index is 12.0. The van der Waals surface area contributed by atoms with E-state index in [0.717, 1.165) is 32.1 Å². The number of imide groups is 1. The molecule has 4 heteroatoms. The smallest absolute Gasteiger partial charge is 0.322 e. The minimum atomic E-state index is -0.594. The van der Waals surface area contributed by atoms with Gasteiger partial charge in [0, 0.05) is 0 Å². The first kappa shape index (κ1) is 11.4. The largest absolute Gasteiger partial charge is 0.323 e. The van der Waals surface area contributed by atoms with Gasteiger partial charge in [0.05, 0.1) is 0 Å². The second kappa shape index (κ2) is 4.44. The monoisotopic (exact) mass is 224 g/mol. The van der Waals surface area contributed by atoms with Crippen LogP contribution >= 0.6 is 0 Å². The molecule has 1 aliphatic heterocycles. The van der Waals surface area contributed by atoms with Gasteiger partial charge in [-0.2, -0.15) is 0 Å². The van der Waals surface area contributed by atoms with E-state index in [0.29, 0.717) is 5.92 Å². The highest BCUT2D eigenvalue weighted by Crippen LogP contribution is 2.38. The molecule has 1 aliphatic carbocycles. The van der Waals surface area contributed by atoms with E-state index in [1.165, 1.54) is 12.8 Å². The van der Waals surface area contributed by atoms with Crippen LogP contribution in [0.5, 0.6) is 0 Å². The molecule has 1 saturated heterocycles. The third-order valence-corrected chi connectivity index (χ3v) is 3.95. The lowest BCUT2D eigenvalue weighted by molar-refractivity contribution is -0.126. The van der Waals surface area contributed by atoms with Gasteiger partial charge in [0.25, 0.3) is 5.91 Å². The summed E-state index contributed by atoms with van der Waals surface area (Å²) in [6.45, 7) is 2.11. The van der Waals surface area contributed by atoms with Crippen LogP contribution in [0.1, 0.15) is 51.9 Å². The Morgan fingerprint density at radius 2 is 2.00 bits per heavy atom. The number of rotatable bonds is 4. The molecule has 0 radical (unpaired) electrons. The summed E-state index contributed by atoms with van der Waals surface area (Å²) in [6.07, 6.45) is 7.33. The van der Waals surface area contributed by atoms with Crippen molar-refractivity contribution in [2.75, 3.05) is 0 Å². The Morgan fingerprint density at radius 3 is 2.50 bits per heavy atom. The number of hydrogen-bond acceptors (Lipinski definition) is 2. The predicted molar refractivity (Wildman–Crippen MR) is 60.9 cm³/mol. The summed E-state index contributed by atoms with van der Waals surface area (Å²) in [5.41, 5.74) is -0.594. The Morgan fingerprint density at radius 1 is 1.31 bits per heavy atom. The fourth-order valence-corrected chi connectivity index (χ4v) is 3.05. The van der Waals surface area contributed by atoms with Crippen LogP contribution in [-0.2, 0) is 4.79 Å². The molecule has 4 nitrogen and oxygen atoms in total. The molecule has 2 fully saturated rings. The van der Waals surface area contributed by atoms with Crippen molar-refractivity contribution in [2.45, 2.75) is 57.4 Å². The average molecular weight is 224 g/mol. The zero-order valence-corrected chi connectivity index (χ0v) is 9.84. The van der Waals surface area contributed by atoms with Crippen molar-refractivity contribution < 1.29 is 9.59 Å². The van der Waals surface area contributed by atoms with Crippen molar-refractivity contribution >= 4 is 11.9 Å². The first-order valence-electron chi connectivity index (χ1n) is 6.32. The fourth-order valence-electron chi connectivity index (χ4n) is 3.05. The summed E-state index contributed by atoms with van der Waals surface area (Å²) in [5, 5.41) is 5.30. The molecule has 0 aromatic carbocycles. The summed E-state index contributed by atoms with van der Waals surface area (Å²) in [6, 6.07) is -0.312. The standard InChI is InChI=1S/C12H20N2O2/c1-2-3-8-12(9-6-4-5-7-9)10(15)13-11(16)14-12/h9H,2-8H2,1H3,(H2,13,14,15,16)/t12-/m0/s1. The lowest BCUT2D eigenvalue weighted by atomic mass is 9.79. The quantitative estimate of drug-likeness (QED) is 0.717. The zero-order chi connectivity index (χ0) is 11.6. The van der Waals surface area contributed by atoms with Gasteiger partial charge >= 0.3 is 6.03 Å². The van der Waals surface area contributed by atoms with Gasteiger partial charge in [-0.25, -0.2) is 4.79 Å².